The van der Waals surface area contributed by atoms with E-state index >= 15 is 0 Å². The molecule has 0 amide bonds. The molecule has 0 rings (SSSR count). The van der Waals surface area contributed by atoms with Crippen LogP contribution in [0.1, 0.15) is 53.9 Å². The molecule has 0 unspecified atom stereocenters. The van der Waals surface area contributed by atoms with Crippen molar-refractivity contribution in [2.75, 3.05) is 5.33 Å². The van der Waals surface area contributed by atoms with Gasteiger partial charge in [0.05, 0.1) is 5.60 Å². The standard InChI is InChI=1S/C13H29BrOSi/c1-12(2,3)16(6,7)15-13(4,5)10-8-9-11-14/h8-11H2,1-7H3. The fourth-order valence-electron chi connectivity index (χ4n) is 1.54. The summed E-state index contributed by atoms with van der Waals surface area (Å²) in [5.74, 6) is 0. The summed E-state index contributed by atoms with van der Waals surface area (Å²) in [5, 5.41) is 1.41. The van der Waals surface area contributed by atoms with Crippen LogP contribution in [-0.4, -0.2) is 19.2 Å². The van der Waals surface area contributed by atoms with Gasteiger partial charge in [0.15, 0.2) is 8.32 Å². The smallest absolute Gasteiger partial charge is 0.192 e. The van der Waals surface area contributed by atoms with Crippen LogP contribution < -0.4 is 0 Å². The summed E-state index contributed by atoms with van der Waals surface area (Å²) < 4.78 is 6.46. The van der Waals surface area contributed by atoms with Crippen molar-refractivity contribution in [3.05, 3.63) is 0 Å². The summed E-state index contributed by atoms with van der Waals surface area (Å²) in [4.78, 5) is 0. The zero-order valence-electron chi connectivity index (χ0n) is 12.1. The summed E-state index contributed by atoms with van der Waals surface area (Å²) in [6, 6.07) is 0. The molecule has 0 radical (unpaired) electrons. The second kappa shape index (κ2) is 6.01. The molecule has 0 aliphatic rings. The maximum atomic E-state index is 6.46. The van der Waals surface area contributed by atoms with Crippen LogP contribution in [0.2, 0.25) is 18.1 Å². The minimum atomic E-state index is -1.61. The first-order valence-corrected chi connectivity index (χ1v) is 10.3. The third-order valence-electron chi connectivity index (χ3n) is 3.50. The zero-order valence-corrected chi connectivity index (χ0v) is 14.7. The van der Waals surface area contributed by atoms with E-state index in [-0.39, 0.29) is 5.60 Å². The first-order valence-electron chi connectivity index (χ1n) is 6.28. The first kappa shape index (κ1) is 16.7. The maximum absolute atomic E-state index is 6.46. The monoisotopic (exact) mass is 308 g/mol. The van der Waals surface area contributed by atoms with E-state index in [1.54, 1.807) is 0 Å². The van der Waals surface area contributed by atoms with Gasteiger partial charge in [-0.25, -0.2) is 0 Å². The molecule has 0 heterocycles. The molecule has 0 atom stereocenters. The lowest BCUT2D eigenvalue weighted by Crippen LogP contribution is -2.47. The lowest BCUT2D eigenvalue weighted by molar-refractivity contribution is 0.0800. The highest BCUT2D eigenvalue weighted by Gasteiger charge is 2.41. The molecule has 0 aromatic carbocycles. The minimum absolute atomic E-state index is 0.0329. The maximum Gasteiger partial charge on any atom is 0.192 e. The Morgan fingerprint density at radius 1 is 1.00 bits per heavy atom. The van der Waals surface area contributed by atoms with Crippen LogP contribution in [0.5, 0.6) is 0 Å². The van der Waals surface area contributed by atoms with Crippen molar-refractivity contribution in [1.82, 2.24) is 0 Å². The highest BCUT2D eigenvalue weighted by Crippen LogP contribution is 2.39. The fourth-order valence-corrected chi connectivity index (χ4v) is 3.73. The Morgan fingerprint density at radius 2 is 1.50 bits per heavy atom. The van der Waals surface area contributed by atoms with Gasteiger partial charge >= 0.3 is 0 Å². The van der Waals surface area contributed by atoms with Gasteiger partial charge in [0.25, 0.3) is 0 Å². The molecule has 0 saturated carbocycles. The predicted molar refractivity (Wildman–Crippen MR) is 80.0 cm³/mol. The minimum Gasteiger partial charge on any atom is -0.412 e. The number of hydrogen-bond acceptors (Lipinski definition) is 1. The highest BCUT2D eigenvalue weighted by atomic mass is 79.9. The fraction of sp³-hybridized carbons (Fsp3) is 1.00. The number of unbranched alkanes of at least 4 members (excludes halogenated alkanes) is 1. The Labute approximate surface area is 112 Å². The van der Waals surface area contributed by atoms with Crippen LogP contribution in [0.3, 0.4) is 0 Å². The molecule has 0 spiro atoms. The van der Waals surface area contributed by atoms with E-state index in [1.807, 2.05) is 0 Å². The van der Waals surface area contributed by atoms with E-state index in [1.165, 1.54) is 12.8 Å². The molecule has 0 N–H and O–H groups in total. The van der Waals surface area contributed by atoms with Gasteiger partial charge in [-0.05, 0) is 51.2 Å². The van der Waals surface area contributed by atoms with Gasteiger partial charge in [-0.3, -0.25) is 0 Å². The summed E-state index contributed by atoms with van der Waals surface area (Å²) >= 11 is 3.48. The summed E-state index contributed by atoms with van der Waals surface area (Å²) in [6.07, 6.45) is 3.64. The van der Waals surface area contributed by atoms with Crippen LogP contribution in [0.4, 0.5) is 0 Å². The highest BCUT2D eigenvalue weighted by molar-refractivity contribution is 9.09. The molecule has 16 heavy (non-hydrogen) atoms. The Hall–Kier alpha value is 0.657. The molecule has 0 aliphatic heterocycles. The molecule has 0 bridgehead atoms. The summed E-state index contributed by atoms with van der Waals surface area (Å²) in [6.45, 7) is 16.0. The third kappa shape index (κ3) is 5.83. The summed E-state index contributed by atoms with van der Waals surface area (Å²) in [5.41, 5.74) is 0.0329. The lowest BCUT2D eigenvalue weighted by atomic mass is 10.0. The van der Waals surface area contributed by atoms with Crippen molar-refractivity contribution >= 4 is 24.2 Å². The third-order valence-corrected chi connectivity index (χ3v) is 8.74. The molecule has 0 aliphatic carbocycles. The van der Waals surface area contributed by atoms with Gasteiger partial charge in [-0.2, -0.15) is 0 Å². The number of halogens is 1. The van der Waals surface area contributed by atoms with Crippen molar-refractivity contribution in [2.45, 2.75) is 77.6 Å². The van der Waals surface area contributed by atoms with E-state index < -0.39 is 8.32 Å². The quantitative estimate of drug-likeness (QED) is 0.365. The van der Waals surface area contributed by atoms with E-state index in [9.17, 15) is 0 Å². The topological polar surface area (TPSA) is 9.23 Å². The average Bonchev–Trinajstić information content (AvgIpc) is 1.99. The Balaban J connectivity index is 4.34. The largest absolute Gasteiger partial charge is 0.412 e. The molecule has 98 valence electrons. The van der Waals surface area contributed by atoms with Crippen molar-refractivity contribution in [3.8, 4) is 0 Å². The second-order valence-corrected chi connectivity index (χ2v) is 12.3. The van der Waals surface area contributed by atoms with Gasteiger partial charge in [0, 0.05) is 5.33 Å². The normalized spacial score (nSPS) is 14.2. The molecule has 3 heteroatoms. The molecule has 1 nitrogen and oxygen atoms in total. The van der Waals surface area contributed by atoms with Crippen LogP contribution in [0.15, 0.2) is 0 Å². The van der Waals surface area contributed by atoms with E-state index in [4.69, 9.17) is 4.43 Å². The van der Waals surface area contributed by atoms with Gasteiger partial charge < -0.3 is 4.43 Å². The Morgan fingerprint density at radius 3 is 1.88 bits per heavy atom. The molecule has 0 fully saturated rings. The van der Waals surface area contributed by atoms with E-state index in [2.05, 4.69) is 63.6 Å². The molecular formula is C13H29BrOSi. The SMILES string of the molecule is CC(C)(CCCCBr)O[Si](C)(C)C(C)(C)C. The summed E-state index contributed by atoms with van der Waals surface area (Å²) in [7, 11) is -1.61. The van der Waals surface area contributed by atoms with Crippen LogP contribution in [0, 0.1) is 0 Å². The van der Waals surface area contributed by atoms with Gasteiger partial charge in [-0.1, -0.05) is 36.7 Å². The number of alkyl halides is 1. The van der Waals surface area contributed by atoms with Gasteiger partial charge in [0.1, 0.15) is 0 Å². The van der Waals surface area contributed by atoms with Crippen LogP contribution in [-0.2, 0) is 4.43 Å². The molecular weight excluding hydrogens is 280 g/mol. The number of rotatable bonds is 6. The van der Waals surface area contributed by atoms with Gasteiger partial charge in [0.2, 0.25) is 0 Å². The van der Waals surface area contributed by atoms with E-state index in [0.717, 1.165) is 11.8 Å². The van der Waals surface area contributed by atoms with E-state index in [0.29, 0.717) is 5.04 Å². The number of hydrogen-bond donors (Lipinski definition) is 0. The predicted octanol–water partition coefficient (Wildman–Crippen LogP) is 5.35. The van der Waals surface area contributed by atoms with Crippen molar-refractivity contribution in [1.29, 1.82) is 0 Å². The van der Waals surface area contributed by atoms with Crippen LogP contribution in [0.25, 0.3) is 0 Å². The zero-order chi connectivity index (χ0) is 13.0. The lowest BCUT2D eigenvalue weighted by Gasteiger charge is -2.43. The Kier molecular flexibility index (Phi) is 6.26. The van der Waals surface area contributed by atoms with Crippen molar-refractivity contribution in [3.63, 3.8) is 0 Å². The molecule has 0 aromatic heterocycles. The average molecular weight is 309 g/mol. The second-order valence-electron chi connectivity index (χ2n) is 6.77. The van der Waals surface area contributed by atoms with Crippen molar-refractivity contribution in [2.24, 2.45) is 0 Å². The molecule has 0 saturated heterocycles. The van der Waals surface area contributed by atoms with Crippen LogP contribution >= 0.6 is 15.9 Å². The first-order chi connectivity index (χ1) is 7.02. The molecule has 0 aromatic rings. The van der Waals surface area contributed by atoms with Crippen molar-refractivity contribution < 1.29 is 4.43 Å². The Bertz CT molecular complexity index is 206. The van der Waals surface area contributed by atoms with Gasteiger partial charge in [-0.15, -0.1) is 0 Å².